The van der Waals surface area contributed by atoms with E-state index in [-0.39, 0.29) is 11.9 Å². The summed E-state index contributed by atoms with van der Waals surface area (Å²) < 4.78 is 1.84. The molecule has 0 aliphatic rings. The van der Waals surface area contributed by atoms with E-state index in [9.17, 15) is 4.79 Å². The lowest BCUT2D eigenvalue weighted by atomic mass is 10.1. The Balaban J connectivity index is 2.44. The largest absolute Gasteiger partial charge is 0.347 e. The molecule has 0 bridgehead atoms. The summed E-state index contributed by atoms with van der Waals surface area (Å²) in [5.41, 5.74) is 3.31. The van der Waals surface area contributed by atoms with Crippen LogP contribution >= 0.6 is 0 Å². The lowest BCUT2D eigenvalue weighted by Gasteiger charge is -2.19. The Bertz CT molecular complexity index is 617. The first-order valence-corrected chi connectivity index (χ1v) is 7.93. The third-order valence-electron chi connectivity index (χ3n) is 3.81. The quantitative estimate of drug-likeness (QED) is 0.818. The summed E-state index contributed by atoms with van der Waals surface area (Å²) in [6.45, 7) is 4.18. The summed E-state index contributed by atoms with van der Waals surface area (Å²) in [5, 5.41) is 4.74. The van der Waals surface area contributed by atoms with Crippen LogP contribution in [0.5, 0.6) is 0 Å². The minimum atomic E-state index is -0.233. The van der Waals surface area contributed by atoms with Crippen LogP contribution in [0.3, 0.4) is 0 Å². The van der Waals surface area contributed by atoms with Gasteiger partial charge >= 0.3 is 0 Å². The highest BCUT2D eigenvalue weighted by Crippen LogP contribution is 2.25. The number of carbonyl (C=O) groups is 1. The maximum Gasteiger partial charge on any atom is 0.246 e. The topological polar surface area (TPSA) is 38.1 Å². The number of carbonyl (C=O) groups excluding carboxylic acids is 1. The summed E-state index contributed by atoms with van der Waals surface area (Å²) >= 11 is 0. The van der Waals surface area contributed by atoms with Crippen LogP contribution < -0.4 is 0 Å². The molecule has 0 fully saturated rings. The molecule has 2 aromatic rings. The zero-order valence-corrected chi connectivity index (χ0v) is 13.9. The number of aryl methyl sites for hydroxylation is 1. The van der Waals surface area contributed by atoms with Gasteiger partial charge in [0.1, 0.15) is 6.04 Å². The van der Waals surface area contributed by atoms with Crippen LogP contribution in [-0.4, -0.2) is 34.7 Å². The van der Waals surface area contributed by atoms with E-state index in [0.717, 1.165) is 30.5 Å². The highest BCUT2D eigenvalue weighted by molar-refractivity contribution is 5.80. The van der Waals surface area contributed by atoms with E-state index in [4.69, 9.17) is 5.10 Å². The van der Waals surface area contributed by atoms with Gasteiger partial charge in [-0.2, -0.15) is 5.10 Å². The fourth-order valence-electron chi connectivity index (χ4n) is 2.65. The van der Waals surface area contributed by atoms with Crippen LogP contribution in [0.25, 0.3) is 11.3 Å². The summed E-state index contributed by atoms with van der Waals surface area (Å²) in [6.07, 6.45) is 4.81. The first-order valence-electron chi connectivity index (χ1n) is 7.93. The highest BCUT2D eigenvalue weighted by Gasteiger charge is 2.23. The van der Waals surface area contributed by atoms with E-state index in [0.29, 0.717) is 0 Å². The second kappa shape index (κ2) is 7.25. The predicted octanol–water partition coefficient (Wildman–Crippen LogP) is 3.54. The number of aromatic nitrogens is 2. The monoisotopic (exact) mass is 299 g/mol. The number of rotatable bonds is 6. The molecule has 1 amide bonds. The van der Waals surface area contributed by atoms with Gasteiger partial charge in [-0.1, -0.05) is 50.6 Å². The van der Waals surface area contributed by atoms with E-state index < -0.39 is 0 Å². The molecule has 1 heterocycles. The molecule has 0 saturated carbocycles. The molecule has 0 aliphatic carbocycles. The molecule has 4 nitrogen and oxygen atoms in total. The molecule has 2 rings (SSSR count). The van der Waals surface area contributed by atoms with Gasteiger partial charge in [0.25, 0.3) is 0 Å². The maximum atomic E-state index is 12.4. The average molecular weight is 299 g/mol. The normalized spacial score (nSPS) is 12.2. The van der Waals surface area contributed by atoms with Gasteiger partial charge in [0.15, 0.2) is 0 Å². The highest BCUT2D eigenvalue weighted by atomic mass is 16.2. The molecule has 1 atom stereocenters. The smallest absolute Gasteiger partial charge is 0.246 e. The Hall–Kier alpha value is -2.10. The van der Waals surface area contributed by atoms with E-state index >= 15 is 0 Å². The standard InChI is InChI=1S/C18H25N3O/c1-5-10-15-13-21(16(6-2)18(22)20(3)4)19-17(15)14-11-8-7-9-12-14/h7-9,11-13,16H,5-6,10H2,1-4H3. The zero-order valence-electron chi connectivity index (χ0n) is 13.9. The maximum absolute atomic E-state index is 12.4. The number of amides is 1. The summed E-state index contributed by atoms with van der Waals surface area (Å²) in [7, 11) is 3.58. The number of nitrogens with zero attached hydrogens (tertiary/aromatic N) is 3. The first-order chi connectivity index (χ1) is 10.6. The van der Waals surface area contributed by atoms with Gasteiger partial charge in [0.2, 0.25) is 5.91 Å². The average Bonchev–Trinajstić information content (AvgIpc) is 2.93. The Morgan fingerprint density at radius 1 is 1.23 bits per heavy atom. The molecule has 118 valence electrons. The van der Waals surface area contributed by atoms with E-state index in [2.05, 4.69) is 19.1 Å². The van der Waals surface area contributed by atoms with Crippen LogP contribution in [0.4, 0.5) is 0 Å². The van der Waals surface area contributed by atoms with Crippen LogP contribution in [0.2, 0.25) is 0 Å². The number of likely N-dealkylation sites (N-methyl/N-ethyl adjacent to an activating group) is 1. The summed E-state index contributed by atoms with van der Waals surface area (Å²) in [4.78, 5) is 14.0. The first kappa shape index (κ1) is 16.3. The van der Waals surface area contributed by atoms with Gasteiger partial charge in [-0.05, 0) is 18.4 Å². The Morgan fingerprint density at radius 2 is 1.91 bits per heavy atom. The van der Waals surface area contributed by atoms with Gasteiger partial charge in [0, 0.05) is 25.9 Å². The zero-order chi connectivity index (χ0) is 16.1. The molecule has 0 aliphatic heterocycles. The Labute approximate surface area is 132 Å². The van der Waals surface area contributed by atoms with Crippen molar-refractivity contribution in [2.24, 2.45) is 0 Å². The van der Waals surface area contributed by atoms with Crippen LogP contribution in [0.1, 0.15) is 38.3 Å². The van der Waals surface area contributed by atoms with Gasteiger partial charge in [-0.15, -0.1) is 0 Å². The van der Waals surface area contributed by atoms with Crippen molar-refractivity contribution in [3.8, 4) is 11.3 Å². The van der Waals surface area contributed by atoms with Gasteiger partial charge in [-0.25, -0.2) is 0 Å². The summed E-state index contributed by atoms with van der Waals surface area (Å²) in [5.74, 6) is 0.0904. The third-order valence-corrected chi connectivity index (χ3v) is 3.81. The Kier molecular flexibility index (Phi) is 5.36. The van der Waals surface area contributed by atoms with Crippen molar-refractivity contribution in [1.82, 2.24) is 14.7 Å². The van der Waals surface area contributed by atoms with Crippen molar-refractivity contribution < 1.29 is 4.79 Å². The molecule has 0 spiro atoms. The van der Waals surface area contributed by atoms with E-state index in [1.807, 2.05) is 36.0 Å². The number of hydrogen-bond donors (Lipinski definition) is 0. The number of benzene rings is 1. The lowest BCUT2D eigenvalue weighted by Crippen LogP contribution is -2.31. The lowest BCUT2D eigenvalue weighted by molar-refractivity contribution is -0.132. The van der Waals surface area contributed by atoms with Crippen molar-refractivity contribution in [2.75, 3.05) is 14.1 Å². The van der Waals surface area contributed by atoms with Crippen molar-refractivity contribution in [2.45, 2.75) is 39.2 Å². The van der Waals surface area contributed by atoms with Crippen molar-refractivity contribution >= 4 is 5.91 Å². The summed E-state index contributed by atoms with van der Waals surface area (Å²) in [6, 6.07) is 9.95. The van der Waals surface area contributed by atoms with Gasteiger partial charge < -0.3 is 4.90 Å². The van der Waals surface area contributed by atoms with E-state index in [1.54, 1.807) is 19.0 Å². The van der Waals surface area contributed by atoms with Crippen molar-refractivity contribution in [3.05, 3.63) is 42.1 Å². The second-order valence-corrected chi connectivity index (χ2v) is 5.76. The fraction of sp³-hybridized carbons (Fsp3) is 0.444. The molecule has 0 radical (unpaired) electrons. The van der Waals surface area contributed by atoms with Gasteiger partial charge in [0.05, 0.1) is 5.69 Å². The molecule has 1 unspecified atom stereocenters. The van der Waals surface area contributed by atoms with Crippen molar-refractivity contribution in [3.63, 3.8) is 0 Å². The Morgan fingerprint density at radius 3 is 2.45 bits per heavy atom. The molecule has 22 heavy (non-hydrogen) atoms. The molecule has 0 saturated heterocycles. The molecule has 4 heteroatoms. The van der Waals surface area contributed by atoms with Crippen LogP contribution in [0.15, 0.2) is 36.5 Å². The molecule has 1 aromatic carbocycles. The predicted molar refractivity (Wildman–Crippen MR) is 89.7 cm³/mol. The fourth-order valence-corrected chi connectivity index (χ4v) is 2.65. The molecular weight excluding hydrogens is 274 g/mol. The molecule has 1 aromatic heterocycles. The van der Waals surface area contributed by atoms with Crippen LogP contribution in [0, 0.1) is 0 Å². The minimum absolute atomic E-state index is 0.0904. The van der Waals surface area contributed by atoms with Crippen molar-refractivity contribution in [1.29, 1.82) is 0 Å². The van der Waals surface area contributed by atoms with Crippen LogP contribution in [-0.2, 0) is 11.2 Å². The van der Waals surface area contributed by atoms with E-state index in [1.165, 1.54) is 5.56 Å². The second-order valence-electron chi connectivity index (χ2n) is 5.76. The molecule has 0 N–H and O–H groups in total. The third kappa shape index (κ3) is 3.38. The SMILES string of the molecule is CCCc1cn(C(CC)C(=O)N(C)C)nc1-c1ccccc1. The minimum Gasteiger partial charge on any atom is -0.347 e. The molecular formula is C18H25N3O. The number of hydrogen-bond acceptors (Lipinski definition) is 2. The van der Waals surface area contributed by atoms with Gasteiger partial charge in [-0.3, -0.25) is 9.48 Å².